The van der Waals surface area contributed by atoms with E-state index in [-0.39, 0.29) is 23.5 Å². The second kappa shape index (κ2) is 6.90. The van der Waals surface area contributed by atoms with Gasteiger partial charge in [0.25, 0.3) is 0 Å². The minimum Gasteiger partial charge on any atom is -0.414 e. The monoisotopic (exact) mass is 454 g/mol. The maximum absolute atomic E-state index is 13.3. The fraction of sp³-hybridized carbons (Fsp3) is 0.842. The number of alkyl halides is 3. The fourth-order valence-electron chi connectivity index (χ4n) is 5.92. The standard InChI is InChI=1S/C19H29F3O5SSi/c1-10(2)11-7-8-18(3)15-13(11)14(17(18)23)12(16(15)27-29(4,5)6)9-26-28(24,25)19(20,21)22/h11-16H,1,7-9H2,2-6H3/t11?,12-,13?,14?,15?,16-,18+/m1/s1. The summed E-state index contributed by atoms with van der Waals surface area (Å²) in [6.07, 6.45) is 0.981. The van der Waals surface area contributed by atoms with Gasteiger partial charge in [-0.1, -0.05) is 19.1 Å². The van der Waals surface area contributed by atoms with Gasteiger partial charge in [-0.3, -0.25) is 8.98 Å². The molecule has 0 aromatic carbocycles. The van der Waals surface area contributed by atoms with Gasteiger partial charge >= 0.3 is 15.6 Å². The van der Waals surface area contributed by atoms with Gasteiger partial charge in [0.05, 0.1) is 12.7 Å². The van der Waals surface area contributed by atoms with Crippen LogP contribution >= 0.6 is 0 Å². The molecule has 4 bridgehead atoms. The second-order valence-corrected chi connectivity index (χ2v) is 16.0. The van der Waals surface area contributed by atoms with E-state index < -0.39 is 53.9 Å². The van der Waals surface area contributed by atoms with Crippen molar-refractivity contribution in [3.05, 3.63) is 12.2 Å². The fourth-order valence-corrected chi connectivity index (χ4v) is 7.52. The lowest BCUT2D eigenvalue weighted by Crippen LogP contribution is -2.52. The second-order valence-electron chi connectivity index (χ2n) is 9.95. The molecule has 10 heteroatoms. The summed E-state index contributed by atoms with van der Waals surface area (Å²) in [6, 6.07) is 0. The van der Waals surface area contributed by atoms with E-state index in [0.29, 0.717) is 6.42 Å². The molecular weight excluding hydrogens is 425 g/mol. The van der Waals surface area contributed by atoms with Gasteiger partial charge in [0, 0.05) is 23.2 Å². The molecule has 3 aliphatic carbocycles. The molecule has 0 aliphatic heterocycles. The van der Waals surface area contributed by atoms with Crippen molar-refractivity contribution < 1.29 is 35.0 Å². The molecule has 0 N–H and O–H groups in total. The Kier molecular flexibility index (Phi) is 5.46. The van der Waals surface area contributed by atoms with Crippen molar-refractivity contribution in [3.8, 4) is 0 Å². The zero-order valence-electron chi connectivity index (χ0n) is 17.4. The van der Waals surface area contributed by atoms with E-state index in [4.69, 9.17) is 4.43 Å². The third-order valence-electron chi connectivity index (χ3n) is 6.93. The van der Waals surface area contributed by atoms with Crippen molar-refractivity contribution in [2.75, 3.05) is 6.61 Å². The van der Waals surface area contributed by atoms with E-state index in [1.54, 1.807) is 0 Å². The summed E-state index contributed by atoms with van der Waals surface area (Å²) in [5, 5.41) is 0. The number of Topliss-reactive ketones (excluding diaryl/α,β-unsaturated/α-hetero) is 1. The minimum atomic E-state index is -5.73. The highest BCUT2D eigenvalue weighted by atomic mass is 32.2. The molecule has 3 fully saturated rings. The zero-order chi connectivity index (χ0) is 22.2. The predicted molar refractivity (Wildman–Crippen MR) is 104 cm³/mol. The summed E-state index contributed by atoms with van der Waals surface area (Å²) in [6.45, 7) is 13.1. The van der Waals surface area contributed by atoms with Gasteiger partial charge in [-0.15, -0.1) is 0 Å². The van der Waals surface area contributed by atoms with Gasteiger partial charge in [-0.25, -0.2) is 0 Å². The summed E-state index contributed by atoms with van der Waals surface area (Å²) >= 11 is 0. The topological polar surface area (TPSA) is 69.7 Å². The van der Waals surface area contributed by atoms with Crippen LogP contribution in [0.2, 0.25) is 19.6 Å². The molecule has 0 radical (unpaired) electrons. The maximum Gasteiger partial charge on any atom is 0.523 e. The lowest BCUT2D eigenvalue weighted by atomic mass is 9.61. The van der Waals surface area contributed by atoms with Crippen LogP contribution in [-0.2, 0) is 23.5 Å². The number of rotatable bonds is 6. The molecule has 5 nitrogen and oxygen atoms in total. The van der Waals surface area contributed by atoms with Crippen molar-refractivity contribution in [1.82, 2.24) is 0 Å². The third kappa shape index (κ3) is 3.63. The number of hydrogen-bond acceptors (Lipinski definition) is 5. The summed E-state index contributed by atoms with van der Waals surface area (Å²) in [5.41, 5.74) is -5.14. The van der Waals surface area contributed by atoms with Gasteiger partial charge < -0.3 is 4.43 Å². The number of carbonyl (C=O) groups excluding carboxylic acids is 1. The summed E-state index contributed by atoms with van der Waals surface area (Å²) in [5.74, 6) is -1.47. The van der Waals surface area contributed by atoms with Crippen molar-refractivity contribution >= 4 is 24.2 Å². The van der Waals surface area contributed by atoms with Crippen molar-refractivity contribution in [3.63, 3.8) is 0 Å². The molecule has 29 heavy (non-hydrogen) atoms. The molecule has 0 aromatic rings. The number of hydrogen-bond donors (Lipinski definition) is 0. The number of halogens is 3. The Morgan fingerprint density at radius 3 is 2.38 bits per heavy atom. The lowest BCUT2D eigenvalue weighted by molar-refractivity contribution is -0.140. The maximum atomic E-state index is 13.3. The highest BCUT2D eigenvalue weighted by Gasteiger charge is 2.72. The first-order chi connectivity index (χ1) is 13.0. The van der Waals surface area contributed by atoms with E-state index in [2.05, 4.69) is 10.8 Å². The molecule has 3 aliphatic rings. The van der Waals surface area contributed by atoms with Gasteiger partial charge in [0.2, 0.25) is 0 Å². The molecule has 4 unspecified atom stereocenters. The van der Waals surface area contributed by atoms with Crippen LogP contribution in [0.5, 0.6) is 0 Å². The van der Waals surface area contributed by atoms with Crippen LogP contribution in [0.4, 0.5) is 13.2 Å². The number of ketones is 1. The van der Waals surface area contributed by atoms with Gasteiger partial charge in [0.1, 0.15) is 5.78 Å². The smallest absolute Gasteiger partial charge is 0.414 e. The minimum absolute atomic E-state index is 0.00434. The van der Waals surface area contributed by atoms with E-state index in [1.165, 1.54) is 0 Å². The Morgan fingerprint density at radius 2 is 1.90 bits per heavy atom. The Morgan fingerprint density at radius 1 is 1.31 bits per heavy atom. The molecule has 0 spiro atoms. The first-order valence-corrected chi connectivity index (χ1v) is 14.7. The van der Waals surface area contributed by atoms with Crippen LogP contribution in [0.3, 0.4) is 0 Å². The van der Waals surface area contributed by atoms with E-state index in [1.807, 2.05) is 33.5 Å². The first kappa shape index (κ1) is 23.0. The molecule has 0 amide bonds. The van der Waals surface area contributed by atoms with Gasteiger partial charge in [-0.05, 0) is 51.2 Å². The van der Waals surface area contributed by atoms with E-state index >= 15 is 0 Å². The van der Waals surface area contributed by atoms with Gasteiger partial charge in [0.15, 0.2) is 8.32 Å². The molecule has 3 rings (SSSR count). The van der Waals surface area contributed by atoms with Crippen molar-refractivity contribution in [2.45, 2.75) is 57.9 Å². The SMILES string of the molecule is C=C(C)C1CC[C@]2(C)C(=O)C3C1C2[C@H](O[Si](C)(C)C)[C@@H]3COS(=O)(=O)C(F)(F)F. The summed E-state index contributed by atoms with van der Waals surface area (Å²) < 4.78 is 72.0. The summed E-state index contributed by atoms with van der Waals surface area (Å²) in [4.78, 5) is 13.3. The van der Waals surface area contributed by atoms with Crippen LogP contribution in [0.1, 0.15) is 26.7 Å². The molecular formula is C19H29F3O5SSi. The van der Waals surface area contributed by atoms with E-state index in [9.17, 15) is 26.4 Å². The average molecular weight is 455 g/mol. The van der Waals surface area contributed by atoms with Crippen molar-refractivity contribution in [2.24, 2.45) is 35.0 Å². The quantitative estimate of drug-likeness (QED) is 0.261. The van der Waals surface area contributed by atoms with Crippen LogP contribution < -0.4 is 0 Å². The highest BCUT2D eigenvalue weighted by molar-refractivity contribution is 7.87. The molecule has 7 atom stereocenters. The molecule has 0 heterocycles. The van der Waals surface area contributed by atoms with Crippen molar-refractivity contribution in [1.29, 1.82) is 0 Å². The van der Waals surface area contributed by atoms with Crippen LogP contribution in [0, 0.1) is 35.0 Å². The highest BCUT2D eigenvalue weighted by Crippen LogP contribution is 2.68. The third-order valence-corrected chi connectivity index (χ3v) is 8.92. The Bertz CT molecular complexity index is 819. The van der Waals surface area contributed by atoms with Crippen LogP contribution in [0.15, 0.2) is 12.2 Å². The zero-order valence-corrected chi connectivity index (χ0v) is 19.2. The lowest BCUT2D eigenvalue weighted by Gasteiger charge is -2.46. The molecule has 3 saturated carbocycles. The van der Waals surface area contributed by atoms with Crippen LogP contribution in [0.25, 0.3) is 0 Å². The van der Waals surface area contributed by atoms with Gasteiger partial charge in [-0.2, -0.15) is 21.6 Å². The largest absolute Gasteiger partial charge is 0.523 e. The van der Waals surface area contributed by atoms with E-state index in [0.717, 1.165) is 12.0 Å². The Balaban J connectivity index is 1.99. The Hall–Kier alpha value is -0.713. The normalized spacial score (nSPS) is 39.8. The molecule has 166 valence electrons. The number of carbonyl (C=O) groups is 1. The first-order valence-electron chi connectivity index (χ1n) is 9.84. The molecule has 0 aromatic heterocycles. The average Bonchev–Trinajstić information content (AvgIpc) is 2.90. The molecule has 0 saturated heterocycles. The number of allylic oxidation sites excluding steroid dienone is 1. The predicted octanol–water partition coefficient (Wildman–Crippen LogP) is 4.13. The Labute approximate surface area is 171 Å². The van der Waals surface area contributed by atoms with Crippen LogP contribution in [-0.4, -0.2) is 40.7 Å². The summed E-state index contributed by atoms with van der Waals surface area (Å²) in [7, 11) is -7.85.